The zero-order chi connectivity index (χ0) is 12.7. The van der Waals surface area contributed by atoms with E-state index in [0.717, 1.165) is 19.4 Å². The zero-order valence-electron chi connectivity index (χ0n) is 10.2. The maximum Gasteiger partial charge on any atom is 0.126 e. The topological polar surface area (TPSA) is 12.0 Å². The van der Waals surface area contributed by atoms with Crippen LogP contribution >= 0.6 is 11.6 Å². The molecule has 0 bridgehead atoms. The van der Waals surface area contributed by atoms with Crippen LogP contribution < -0.4 is 5.32 Å². The molecule has 1 nitrogen and oxygen atoms in total. The average Bonchev–Trinajstić information content (AvgIpc) is 2.31. The normalized spacial score (nSPS) is 12.4. The highest BCUT2D eigenvalue weighted by Gasteiger charge is 2.10. The molecule has 1 aromatic carbocycles. The Morgan fingerprint density at radius 2 is 2.29 bits per heavy atom. The summed E-state index contributed by atoms with van der Waals surface area (Å²) < 4.78 is 13.6. The average molecular weight is 256 g/mol. The van der Waals surface area contributed by atoms with Crippen LogP contribution in [-0.4, -0.2) is 12.6 Å². The molecular formula is C14H19ClFN. The summed E-state index contributed by atoms with van der Waals surface area (Å²) in [7, 11) is 0. The maximum absolute atomic E-state index is 13.6. The molecule has 0 aliphatic heterocycles. The summed E-state index contributed by atoms with van der Waals surface area (Å²) >= 11 is 5.87. The minimum absolute atomic E-state index is 0.193. The van der Waals surface area contributed by atoms with Gasteiger partial charge in [-0.25, -0.2) is 4.39 Å². The highest BCUT2D eigenvalue weighted by atomic mass is 35.5. The second-order valence-electron chi connectivity index (χ2n) is 4.12. The Labute approximate surface area is 108 Å². The van der Waals surface area contributed by atoms with Crippen molar-refractivity contribution in [2.45, 2.75) is 32.2 Å². The first kappa shape index (κ1) is 14.2. The van der Waals surface area contributed by atoms with Crippen molar-refractivity contribution in [2.75, 3.05) is 6.54 Å². The lowest BCUT2D eigenvalue weighted by Crippen LogP contribution is -2.31. The summed E-state index contributed by atoms with van der Waals surface area (Å²) in [6.45, 7) is 6.77. The van der Waals surface area contributed by atoms with Crippen molar-refractivity contribution in [3.63, 3.8) is 0 Å². The maximum atomic E-state index is 13.6. The predicted molar refractivity (Wildman–Crippen MR) is 72.0 cm³/mol. The van der Waals surface area contributed by atoms with Crippen LogP contribution in [-0.2, 0) is 6.42 Å². The highest BCUT2D eigenvalue weighted by Crippen LogP contribution is 2.17. The summed E-state index contributed by atoms with van der Waals surface area (Å²) in [6.07, 6.45) is 4.38. The van der Waals surface area contributed by atoms with Gasteiger partial charge in [-0.1, -0.05) is 24.6 Å². The lowest BCUT2D eigenvalue weighted by molar-refractivity contribution is 0.498. The van der Waals surface area contributed by atoms with Gasteiger partial charge in [-0.05, 0) is 49.6 Å². The van der Waals surface area contributed by atoms with E-state index in [4.69, 9.17) is 11.6 Å². The van der Waals surface area contributed by atoms with Crippen LogP contribution in [0.2, 0.25) is 5.02 Å². The van der Waals surface area contributed by atoms with Gasteiger partial charge >= 0.3 is 0 Å². The Morgan fingerprint density at radius 1 is 1.53 bits per heavy atom. The summed E-state index contributed by atoms with van der Waals surface area (Å²) in [6, 6.07) is 4.91. The fourth-order valence-electron chi connectivity index (χ4n) is 1.75. The van der Waals surface area contributed by atoms with E-state index in [2.05, 4.69) is 18.8 Å². The van der Waals surface area contributed by atoms with Gasteiger partial charge in [-0.2, -0.15) is 0 Å². The van der Waals surface area contributed by atoms with Crippen LogP contribution in [0.3, 0.4) is 0 Å². The molecule has 0 amide bonds. The molecule has 0 aliphatic rings. The molecule has 0 aromatic heterocycles. The van der Waals surface area contributed by atoms with E-state index in [1.54, 1.807) is 12.1 Å². The molecule has 0 heterocycles. The van der Waals surface area contributed by atoms with Gasteiger partial charge in [0.15, 0.2) is 0 Å². The minimum atomic E-state index is -0.193. The van der Waals surface area contributed by atoms with Crippen LogP contribution in [0.15, 0.2) is 30.9 Å². The summed E-state index contributed by atoms with van der Waals surface area (Å²) in [5, 5.41) is 3.96. The quantitative estimate of drug-likeness (QED) is 0.727. The molecule has 0 radical (unpaired) electrons. The van der Waals surface area contributed by atoms with Gasteiger partial charge in [0.25, 0.3) is 0 Å². The molecule has 0 spiro atoms. The Hall–Kier alpha value is -0.860. The third-order valence-corrected chi connectivity index (χ3v) is 2.84. The highest BCUT2D eigenvalue weighted by molar-refractivity contribution is 6.30. The second-order valence-corrected chi connectivity index (χ2v) is 4.55. The van der Waals surface area contributed by atoms with Crippen molar-refractivity contribution in [3.05, 3.63) is 47.3 Å². The molecule has 1 aromatic rings. The van der Waals surface area contributed by atoms with Crippen molar-refractivity contribution >= 4 is 11.6 Å². The molecule has 1 atom stereocenters. The van der Waals surface area contributed by atoms with Gasteiger partial charge in [0.05, 0.1) is 0 Å². The van der Waals surface area contributed by atoms with Crippen LogP contribution in [0.1, 0.15) is 25.3 Å². The molecule has 1 N–H and O–H groups in total. The molecule has 1 unspecified atom stereocenters. The fraction of sp³-hybridized carbons (Fsp3) is 0.429. The first-order valence-electron chi connectivity index (χ1n) is 5.95. The Balaban J connectivity index is 2.70. The van der Waals surface area contributed by atoms with E-state index >= 15 is 0 Å². The Kier molecular flexibility index (Phi) is 6.23. The van der Waals surface area contributed by atoms with Gasteiger partial charge in [0.2, 0.25) is 0 Å². The number of halogens is 2. The standard InChI is InChI=1S/C14H19ClFN/c1-3-5-13(17-8-4-2)10-11-9-12(15)6-7-14(11)16/h3,6-7,9,13,17H,1,4-5,8,10H2,2H3. The summed E-state index contributed by atoms with van der Waals surface area (Å²) in [5.74, 6) is -0.193. The van der Waals surface area contributed by atoms with Crippen LogP contribution in [0, 0.1) is 5.82 Å². The van der Waals surface area contributed by atoms with Gasteiger partial charge in [-0.3, -0.25) is 0 Å². The van der Waals surface area contributed by atoms with E-state index in [-0.39, 0.29) is 11.9 Å². The van der Waals surface area contributed by atoms with E-state index in [9.17, 15) is 4.39 Å². The first-order chi connectivity index (χ1) is 8.17. The molecule has 1 rings (SSSR count). The van der Waals surface area contributed by atoms with Gasteiger partial charge in [-0.15, -0.1) is 6.58 Å². The van der Waals surface area contributed by atoms with E-state index in [0.29, 0.717) is 17.0 Å². The number of benzene rings is 1. The molecule has 0 fully saturated rings. The van der Waals surface area contributed by atoms with Crippen molar-refractivity contribution in [2.24, 2.45) is 0 Å². The van der Waals surface area contributed by atoms with E-state index in [1.807, 2.05) is 6.08 Å². The van der Waals surface area contributed by atoms with Crippen LogP contribution in [0.25, 0.3) is 0 Å². The number of rotatable bonds is 7. The minimum Gasteiger partial charge on any atom is -0.313 e. The smallest absolute Gasteiger partial charge is 0.126 e. The number of nitrogens with one attached hydrogen (secondary N) is 1. The summed E-state index contributed by atoms with van der Waals surface area (Å²) in [4.78, 5) is 0. The molecule has 0 aliphatic carbocycles. The molecule has 94 valence electrons. The molecule has 0 saturated carbocycles. The summed E-state index contributed by atoms with van der Waals surface area (Å²) in [5.41, 5.74) is 0.660. The van der Waals surface area contributed by atoms with Crippen LogP contribution in [0.4, 0.5) is 4.39 Å². The largest absolute Gasteiger partial charge is 0.313 e. The number of hydrogen-bond acceptors (Lipinski definition) is 1. The number of hydrogen-bond donors (Lipinski definition) is 1. The SMILES string of the molecule is C=CCC(Cc1cc(Cl)ccc1F)NCCC. The van der Waals surface area contributed by atoms with Gasteiger partial charge in [0.1, 0.15) is 5.82 Å². The third-order valence-electron chi connectivity index (χ3n) is 2.61. The van der Waals surface area contributed by atoms with Crippen molar-refractivity contribution < 1.29 is 4.39 Å². The fourth-order valence-corrected chi connectivity index (χ4v) is 1.95. The monoisotopic (exact) mass is 255 g/mol. The predicted octanol–water partition coefficient (Wildman–Crippen LogP) is 3.97. The zero-order valence-corrected chi connectivity index (χ0v) is 10.9. The van der Waals surface area contributed by atoms with E-state index in [1.165, 1.54) is 6.07 Å². The van der Waals surface area contributed by atoms with Gasteiger partial charge in [0, 0.05) is 11.1 Å². The van der Waals surface area contributed by atoms with Crippen molar-refractivity contribution in [1.82, 2.24) is 5.32 Å². The molecule has 17 heavy (non-hydrogen) atoms. The van der Waals surface area contributed by atoms with E-state index < -0.39 is 0 Å². The van der Waals surface area contributed by atoms with Gasteiger partial charge < -0.3 is 5.32 Å². The van der Waals surface area contributed by atoms with Crippen LogP contribution in [0.5, 0.6) is 0 Å². The molecular weight excluding hydrogens is 237 g/mol. The lowest BCUT2D eigenvalue weighted by atomic mass is 10.0. The van der Waals surface area contributed by atoms with Crippen molar-refractivity contribution in [3.8, 4) is 0 Å². The Morgan fingerprint density at radius 3 is 2.94 bits per heavy atom. The lowest BCUT2D eigenvalue weighted by Gasteiger charge is -2.17. The third kappa shape index (κ3) is 4.88. The first-order valence-corrected chi connectivity index (χ1v) is 6.33. The molecule has 0 saturated heterocycles. The Bertz CT molecular complexity index is 365. The molecule has 3 heteroatoms. The van der Waals surface area contributed by atoms with Crippen molar-refractivity contribution in [1.29, 1.82) is 0 Å². The second kappa shape index (κ2) is 7.46.